The molecular formula is C19H18ClN3O5. The third kappa shape index (κ3) is 4.34. The topological polar surface area (TPSA) is 103 Å². The summed E-state index contributed by atoms with van der Waals surface area (Å²) in [5.41, 5.74) is 1.86. The molecule has 0 saturated heterocycles. The summed E-state index contributed by atoms with van der Waals surface area (Å²) in [5, 5.41) is 5.83. The van der Waals surface area contributed by atoms with Crippen LogP contribution < -0.4 is 21.1 Å². The molecule has 0 unspecified atom stereocenters. The predicted molar refractivity (Wildman–Crippen MR) is 106 cm³/mol. The van der Waals surface area contributed by atoms with Crippen molar-refractivity contribution in [3.05, 3.63) is 52.0 Å². The minimum Gasteiger partial charge on any atom is -0.495 e. The normalized spacial score (nSPS) is 10.7. The fourth-order valence-electron chi connectivity index (χ4n) is 2.76. The lowest BCUT2D eigenvalue weighted by atomic mass is 10.2. The third-order valence-electron chi connectivity index (χ3n) is 3.99. The molecule has 0 fully saturated rings. The maximum Gasteiger partial charge on any atom is 0.419 e. The van der Waals surface area contributed by atoms with E-state index in [1.807, 2.05) is 0 Å². The minimum absolute atomic E-state index is 0.0224. The largest absolute Gasteiger partial charge is 0.495 e. The van der Waals surface area contributed by atoms with Crippen LogP contribution in [0.15, 0.2) is 45.6 Å². The van der Waals surface area contributed by atoms with E-state index in [1.54, 1.807) is 36.4 Å². The number of nitrogens with one attached hydrogen (secondary N) is 2. The summed E-state index contributed by atoms with van der Waals surface area (Å²) in [5.74, 6) is -0.677. The molecule has 0 atom stereocenters. The van der Waals surface area contributed by atoms with Crippen molar-refractivity contribution in [1.82, 2.24) is 4.57 Å². The van der Waals surface area contributed by atoms with Gasteiger partial charge in [-0.25, -0.2) is 4.79 Å². The number of methoxy groups -OCH3 is 1. The van der Waals surface area contributed by atoms with Gasteiger partial charge in [0.15, 0.2) is 5.58 Å². The molecule has 0 saturated carbocycles. The molecule has 2 amide bonds. The number of ether oxygens (including phenoxy) is 1. The molecule has 0 aliphatic carbocycles. The second kappa shape index (κ2) is 8.18. The molecule has 9 heteroatoms. The van der Waals surface area contributed by atoms with Gasteiger partial charge in [0, 0.05) is 30.6 Å². The highest BCUT2D eigenvalue weighted by molar-refractivity contribution is 6.31. The Morgan fingerprint density at radius 3 is 2.68 bits per heavy atom. The van der Waals surface area contributed by atoms with Crippen molar-refractivity contribution in [2.45, 2.75) is 19.9 Å². The molecule has 0 aliphatic rings. The molecule has 0 bridgehead atoms. The minimum atomic E-state index is -0.560. The van der Waals surface area contributed by atoms with Gasteiger partial charge in [-0.1, -0.05) is 11.6 Å². The van der Waals surface area contributed by atoms with E-state index in [-0.39, 0.29) is 24.8 Å². The van der Waals surface area contributed by atoms with Crippen molar-refractivity contribution in [3.63, 3.8) is 0 Å². The van der Waals surface area contributed by atoms with E-state index >= 15 is 0 Å². The van der Waals surface area contributed by atoms with Crippen molar-refractivity contribution < 1.29 is 18.7 Å². The van der Waals surface area contributed by atoms with Crippen molar-refractivity contribution in [3.8, 4) is 5.75 Å². The summed E-state index contributed by atoms with van der Waals surface area (Å²) in [7, 11) is 1.48. The van der Waals surface area contributed by atoms with Crippen LogP contribution in [0.5, 0.6) is 5.75 Å². The Morgan fingerprint density at radius 1 is 1.18 bits per heavy atom. The first-order valence-corrected chi connectivity index (χ1v) is 8.79. The Hall–Kier alpha value is -3.26. The number of amides is 2. The molecule has 0 spiro atoms. The monoisotopic (exact) mass is 403 g/mol. The van der Waals surface area contributed by atoms with Crippen LogP contribution in [0.2, 0.25) is 5.02 Å². The maximum absolute atomic E-state index is 12.4. The number of oxazole rings is 1. The van der Waals surface area contributed by atoms with Crippen molar-refractivity contribution in [2.24, 2.45) is 0 Å². The lowest BCUT2D eigenvalue weighted by Crippen LogP contribution is -2.20. The summed E-state index contributed by atoms with van der Waals surface area (Å²) < 4.78 is 11.7. The van der Waals surface area contributed by atoms with Gasteiger partial charge >= 0.3 is 5.76 Å². The lowest BCUT2D eigenvalue weighted by Gasteiger charge is -2.12. The molecule has 3 aromatic rings. The van der Waals surface area contributed by atoms with Crippen LogP contribution >= 0.6 is 11.6 Å². The number of hydrogen-bond donors (Lipinski definition) is 2. The fraction of sp³-hybridized carbons (Fsp3) is 0.211. The van der Waals surface area contributed by atoms with E-state index in [2.05, 4.69) is 10.6 Å². The Kier molecular flexibility index (Phi) is 5.70. The maximum atomic E-state index is 12.4. The zero-order chi connectivity index (χ0) is 20.3. The second-order valence-corrected chi connectivity index (χ2v) is 6.46. The van der Waals surface area contributed by atoms with E-state index < -0.39 is 5.76 Å². The molecule has 146 valence electrons. The highest BCUT2D eigenvalue weighted by Gasteiger charge is 2.13. The first-order chi connectivity index (χ1) is 13.4. The molecule has 0 aliphatic heterocycles. The molecule has 0 radical (unpaired) electrons. The van der Waals surface area contributed by atoms with Crippen LogP contribution in [0, 0.1) is 0 Å². The molecular weight excluding hydrogens is 386 g/mol. The predicted octanol–water partition coefficient (Wildman–Crippen LogP) is 3.24. The Labute approximate surface area is 165 Å². The van der Waals surface area contributed by atoms with Crippen molar-refractivity contribution >= 4 is 45.9 Å². The highest BCUT2D eigenvalue weighted by Crippen LogP contribution is 2.28. The standard InChI is InChI=1S/C19H18ClN3O5/c1-11(24)21-13-4-6-16(27-2)14(10-13)22-18(25)7-8-23-15-9-12(20)3-5-17(15)28-19(23)26/h3-6,9-10H,7-8H2,1-2H3,(H,21,24)(H,22,25). The van der Waals surface area contributed by atoms with Gasteiger partial charge < -0.3 is 19.8 Å². The number of anilines is 2. The molecule has 2 aromatic carbocycles. The van der Waals surface area contributed by atoms with Crippen molar-refractivity contribution in [2.75, 3.05) is 17.7 Å². The second-order valence-electron chi connectivity index (χ2n) is 6.03. The average molecular weight is 404 g/mol. The smallest absolute Gasteiger partial charge is 0.419 e. The van der Waals surface area contributed by atoms with Crippen LogP contribution in [0.25, 0.3) is 11.1 Å². The summed E-state index contributed by atoms with van der Waals surface area (Å²) in [6.07, 6.45) is 0.0224. The number of rotatable bonds is 6. The molecule has 1 heterocycles. The van der Waals surface area contributed by atoms with E-state index in [1.165, 1.54) is 18.6 Å². The van der Waals surface area contributed by atoms with Crippen LogP contribution in [0.1, 0.15) is 13.3 Å². The van der Waals surface area contributed by atoms with E-state index in [9.17, 15) is 14.4 Å². The van der Waals surface area contributed by atoms with Gasteiger partial charge in [-0.2, -0.15) is 0 Å². The number of aryl methyl sites for hydroxylation is 1. The van der Waals surface area contributed by atoms with Crippen LogP contribution in [0.4, 0.5) is 11.4 Å². The molecule has 3 rings (SSSR count). The van der Waals surface area contributed by atoms with Gasteiger partial charge in [-0.05, 0) is 36.4 Å². The number of halogens is 1. The van der Waals surface area contributed by atoms with E-state index in [0.29, 0.717) is 33.2 Å². The zero-order valence-corrected chi connectivity index (χ0v) is 16.0. The van der Waals surface area contributed by atoms with Gasteiger partial charge in [-0.3, -0.25) is 14.2 Å². The Balaban J connectivity index is 1.74. The summed E-state index contributed by atoms with van der Waals surface area (Å²) in [4.78, 5) is 35.6. The first-order valence-electron chi connectivity index (χ1n) is 8.42. The summed E-state index contributed by atoms with van der Waals surface area (Å²) in [6, 6.07) is 9.73. The lowest BCUT2D eigenvalue weighted by molar-refractivity contribution is -0.116. The number of nitrogens with zero attached hydrogens (tertiary/aromatic N) is 1. The number of benzene rings is 2. The molecule has 28 heavy (non-hydrogen) atoms. The first kappa shape index (κ1) is 19.5. The number of fused-ring (bicyclic) bond motifs is 1. The Morgan fingerprint density at radius 2 is 1.96 bits per heavy atom. The summed E-state index contributed by atoms with van der Waals surface area (Å²) >= 11 is 5.97. The molecule has 8 nitrogen and oxygen atoms in total. The van der Waals surface area contributed by atoms with Gasteiger partial charge in [-0.15, -0.1) is 0 Å². The van der Waals surface area contributed by atoms with Gasteiger partial charge in [0.2, 0.25) is 11.8 Å². The van der Waals surface area contributed by atoms with Crippen molar-refractivity contribution in [1.29, 1.82) is 0 Å². The number of carbonyl (C=O) groups excluding carboxylic acids is 2. The molecule has 1 aromatic heterocycles. The van der Waals surface area contributed by atoms with Gasteiger partial charge in [0.1, 0.15) is 5.75 Å². The highest BCUT2D eigenvalue weighted by atomic mass is 35.5. The average Bonchev–Trinajstić information content (AvgIpc) is 2.94. The van der Waals surface area contributed by atoms with Crippen LogP contribution in [-0.2, 0) is 16.1 Å². The number of hydrogen-bond acceptors (Lipinski definition) is 5. The third-order valence-corrected chi connectivity index (χ3v) is 4.22. The van der Waals surface area contributed by atoms with E-state index in [0.717, 1.165) is 0 Å². The fourth-order valence-corrected chi connectivity index (χ4v) is 2.93. The molecule has 2 N–H and O–H groups in total. The number of carbonyl (C=O) groups is 2. The van der Waals surface area contributed by atoms with E-state index in [4.69, 9.17) is 20.8 Å². The SMILES string of the molecule is COc1ccc(NC(C)=O)cc1NC(=O)CCn1c(=O)oc2ccc(Cl)cc21. The van der Waals surface area contributed by atoms with Crippen LogP contribution in [-0.4, -0.2) is 23.5 Å². The zero-order valence-electron chi connectivity index (χ0n) is 15.2. The summed E-state index contributed by atoms with van der Waals surface area (Å²) in [6.45, 7) is 1.51. The number of aromatic nitrogens is 1. The van der Waals surface area contributed by atoms with Gasteiger partial charge in [0.05, 0.1) is 18.3 Å². The van der Waals surface area contributed by atoms with Crippen LogP contribution in [0.3, 0.4) is 0 Å². The van der Waals surface area contributed by atoms with Gasteiger partial charge in [0.25, 0.3) is 0 Å². The Bertz CT molecular complexity index is 1100. The quantitative estimate of drug-likeness (QED) is 0.657.